The average molecular weight is 165 g/mol. The van der Waals surface area contributed by atoms with Gasteiger partial charge in [-0.25, -0.2) is 0 Å². The second kappa shape index (κ2) is 2.04. The summed E-state index contributed by atoms with van der Waals surface area (Å²) in [5, 5.41) is 2.99. The summed E-state index contributed by atoms with van der Waals surface area (Å²) in [5.41, 5.74) is 12.8. The Hall–Kier alpha value is -1.42. The van der Waals surface area contributed by atoms with Gasteiger partial charge in [-0.15, -0.1) is 0 Å². The average Bonchev–Trinajstić information content (AvgIpc) is 2.21. The van der Waals surface area contributed by atoms with Gasteiger partial charge in [0.2, 0.25) is 5.85 Å². The zero-order chi connectivity index (χ0) is 8.77. The van der Waals surface area contributed by atoms with Crippen molar-refractivity contribution in [2.75, 3.05) is 11.1 Å². The Kier molecular flexibility index (Phi) is 1.23. The van der Waals surface area contributed by atoms with E-state index in [1.165, 1.54) is 0 Å². The highest BCUT2D eigenvalue weighted by molar-refractivity contribution is 5.66. The minimum atomic E-state index is -0.809. The van der Waals surface area contributed by atoms with E-state index in [0.717, 1.165) is 11.4 Å². The lowest BCUT2D eigenvalue weighted by atomic mass is 10.2. The molecule has 0 aromatic heterocycles. The Morgan fingerprint density at radius 1 is 1.50 bits per heavy atom. The molecule has 0 bridgehead atoms. The predicted molar refractivity (Wildman–Crippen MR) is 47.7 cm³/mol. The maximum absolute atomic E-state index is 5.70. The van der Waals surface area contributed by atoms with E-state index in [0.29, 0.717) is 5.69 Å². The van der Waals surface area contributed by atoms with Crippen molar-refractivity contribution in [1.82, 2.24) is 0 Å². The summed E-state index contributed by atoms with van der Waals surface area (Å²) in [6, 6.07) is 5.38. The lowest BCUT2D eigenvalue weighted by molar-refractivity contribution is 0.148. The van der Waals surface area contributed by atoms with E-state index in [4.69, 9.17) is 16.2 Å². The smallest absolute Gasteiger partial charge is 0.233 e. The topological polar surface area (TPSA) is 73.3 Å². The van der Waals surface area contributed by atoms with Gasteiger partial charge in [-0.3, -0.25) is 5.73 Å². The summed E-state index contributed by atoms with van der Waals surface area (Å²) in [4.78, 5) is 0. The maximum atomic E-state index is 5.70. The van der Waals surface area contributed by atoms with Crippen molar-refractivity contribution in [2.24, 2.45) is 5.73 Å². The van der Waals surface area contributed by atoms with Gasteiger partial charge in [-0.2, -0.15) is 0 Å². The Morgan fingerprint density at radius 3 is 3.00 bits per heavy atom. The highest BCUT2D eigenvalue weighted by Crippen LogP contribution is 2.35. The van der Waals surface area contributed by atoms with Crippen LogP contribution >= 0.6 is 0 Å². The highest BCUT2D eigenvalue weighted by Gasteiger charge is 2.29. The summed E-state index contributed by atoms with van der Waals surface area (Å²) < 4.78 is 5.36. The van der Waals surface area contributed by atoms with Crippen LogP contribution in [0.15, 0.2) is 18.2 Å². The van der Waals surface area contributed by atoms with E-state index in [-0.39, 0.29) is 0 Å². The van der Waals surface area contributed by atoms with Gasteiger partial charge in [0.1, 0.15) is 5.75 Å². The molecule has 0 spiro atoms. The van der Waals surface area contributed by atoms with Gasteiger partial charge in [0, 0.05) is 12.6 Å². The maximum Gasteiger partial charge on any atom is 0.233 e. The molecule has 64 valence electrons. The first kappa shape index (κ1) is 7.24. The number of hydrogen-bond donors (Lipinski definition) is 3. The van der Waals surface area contributed by atoms with Crippen LogP contribution in [-0.4, -0.2) is 5.85 Å². The Labute approximate surface area is 70.5 Å². The number of hydrogen-bond acceptors (Lipinski definition) is 4. The largest absolute Gasteiger partial charge is 0.453 e. The number of nitrogens with two attached hydrogens (primary N) is 2. The summed E-state index contributed by atoms with van der Waals surface area (Å²) >= 11 is 0. The minimum absolute atomic E-state index is 0.697. The minimum Gasteiger partial charge on any atom is -0.453 e. The van der Waals surface area contributed by atoms with Gasteiger partial charge in [-0.05, 0) is 18.2 Å². The van der Waals surface area contributed by atoms with Crippen molar-refractivity contribution >= 4 is 11.4 Å². The first-order chi connectivity index (χ1) is 5.57. The number of benzene rings is 1. The van der Waals surface area contributed by atoms with Gasteiger partial charge >= 0.3 is 0 Å². The van der Waals surface area contributed by atoms with Crippen LogP contribution in [0.4, 0.5) is 11.4 Å². The number of nitrogen functional groups attached to an aromatic ring is 1. The SMILES string of the molecule is CC1(N)Nc2cc(N)ccc2O1. The van der Waals surface area contributed by atoms with Crippen LogP contribution in [-0.2, 0) is 0 Å². The molecule has 1 atom stereocenters. The molecule has 1 aliphatic heterocycles. The highest BCUT2D eigenvalue weighted by atomic mass is 16.5. The Morgan fingerprint density at radius 2 is 2.25 bits per heavy atom. The quantitative estimate of drug-likeness (QED) is 0.495. The molecule has 1 aliphatic rings. The number of nitrogens with one attached hydrogen (secondary N) is 1. The molecule has 0 fully saturated rings. The van der Waals surface area contributed by atoms with Crippen LogP contribution in [0.2, 0.25) is 0 Å². The number of rotatable bonds is 0. The third-order valence-corrected chi connectivity index (χ3v) is 1.71. The standard InChI is InChI=1S/C8H11N3O/c1-8(10)11-6-4-5(9)2-3-7(6)12-8/h2-4,11H,9-10H2,1H3. The van der Waals surface area contributed by atoms with Crippen LogP contribution < -0.4 is 21.5 Å². The van der Waals surface area contributed by atoms with Crippen molar-refractivity contribution in [1.29, 1.82) is 0 Å². The molecule has 4 nitrogen and oxygen atoms in total. The molecular weight excluding hydrogens is 154 g/mol. The third kappa shape index (κ3) is 1.06. The summed E-state index contributed by atoms with van der Waals surface area (Å²) in [7, 11) is 0. The summed E-state index contributed by atoms with van der Waals surface area (Å²) in [6.45, 7) is 1.75. The molecule has 1 aromatic rings. The van der Waals surface area contributed by atoms with Crippen molar-refractivity contribution < 1.29 is 4.74 Å². The molecule has 0 saturated heterocycles. The van der Waals surface area contributed by atoms with Gasteiger partial charge in [0.15, 0.2) is 0 Å². The molecule has 1 heterocycles. The van der Waals surface area contributed by atoms with Gasteiger partial charge in [0.05, 0.1) is 5.69 Å². The molecule has 0 aliphatic carbocycles. The molecule has 0 amide bonds. The summed E-state index contributed by atoms with van der Waals surface area (Å²) in [5.74, 6) is -0.0648. The fourth-order valence-corrected chi connectivity index (χ4v) is 1.26. The van der Waals surface area contributed by atoms with E-state index < -0.39 is 5.85 Å². The predicted octanol–water partition coefficient (Wildman–Crippen LogP) is 0.706. The van der Waals surface area contributed by atoms with Crippen molar-refractivity contribution in [3.8, 4) is 5.75 Å². The van der Waals surface area contributed by atoms with Crippen LogP contribution in [0, 0.1) is 0 Å². The van der Waals surface area contributed by atoms with Crippen LogP contribution in [0.3, 0.4) is 0 Å². The number of fused-ring (bicyclic) bond motifs is 1. The molecule has 5 N–H and O–H groups in total. The van der Waals surface area contributed by atoms with Crippen molar-refractivity contribution in [3.05, 3.63) is 18.2 Å². The fourth-order valence-electron chi connectivity index (χ4n) is 1.26. The van der Waals surface area contributed by atoms with Crippen LogP contribution in [0.5, 0.6) is 5.75 Å². The monoisotopic (exact) mass is 165 g/mol. The zero-order valence-electron chi connectivity index (χ0n) is 6.79. The van der Waals surface area contributed by atoms with Crippen LogP contribution in [0.1, 0.15) is 6.92 Å². The van der Waals surface area contributed by atoms with Crippen LogP contribution in [0.25, 0.3) is 0 Å². The fraction of sp³-hybridized carbons (Fsp3) is 0.250. The van der Waals surface area contributed by atoms with E-state index in [1.807, 2.05) is 0 Å². The molecule has 2 rings (SSSR count). The normalized spacial score (nSPS) is 25.8. The second-order valence-corrected chi connectivity index (χ2v) is 3.09. The summed E-state index contributed by atoms with van der Waals surface area (Å²) in [6.07, 6.45) is 0. The molecule has 12 heavy (non-hydrogen) atoms. The van der Waals surface area contributed by atoms with Gasteiger partial charge < -0.3 is 15.8 Å². The third-order valence-electron chi connectivity index (χ3n) is 1.71. The molecule has 0 saturated carbocycles. The lowest BCUT2D eigenvalue weighted by Gasteiger charge is -2.17. The molecule has 1 unspecified atom stereocenters. The lowest BCUT2D eigenvalue weighted by Crippen LogP contribution is -2.46. The molecule has 1 aromatic carbocycles. The molecular formula is C8H11N3O. The van der Waals surface area contributed by atoms with E-state index in [2.05, 4.69) is 5.32 Å². The number of anilines is 2. The van der Waals surface area contributed by atoms with Gasteiger partial charge in [-0.1, -0.05) is 0 Å². The molecule has 0 radical (unpaired) electrons. The first-order valence-electron chi connectivity index (χ1n) is 3.72. The van der Waals surface area contributed by atoms with E-state index >= 15 is 0 Å². The Balaban J connectivity index is 2.43. The first-order valence-corrected chi connectivity index (χ1v) is 3.72. The van der Waals surface area contributed by atoms with Crippen molar-refractivity contribution in [3.63, 3.8) is 0 Å². The molecule has 4 heteroatoms. The van der Waals surface area contributed by atoms with Gasteiger partial charge in [0.25, 0.3) is 0 Å². The van der Waals surface area contributed by atoms with E-state index in [1.54, 1.807) is 25.1 Å². The zero-order valence-corrected chi connectivity index (χ0v) is 6.79. The van der Waals surface area contributed by atoms with E-state index in [9.17, 15) is 0 Å². The van der Waals surface area contributed by atoms with Crippen molar-refractivity contribution in [2.45, 2.75) is 12.8 Å². The second-order valence-electron chi connectivity index (χ2n) is 3.09. The Bertz CT molecular complexity index is 322. The number of ether oxygens (including phenoxy) is 1.